The van der Waals surface area contributed by atoms with Crippen molar-refractivity contribution >= 4 is 17.5 Å². The van der Waals surface area contributed by atoms with E-state index in [1.54, 1.807) is 7.11 Å². The largest absolute Gasteiger partial charge is 0.497 e. The van der Waals surface area contributed by atoms with Gasteiger partial charge in [0, 0.05) is 37.4 Å². The molecule has 2 heterocycles. The number of aromatic nitrogens is 2. The average Bonchev–Trinajstić information content (AvgIpc) is 2.85. The highest BCUT2D eigenvalue weighted by molar-refractivity contribution is 5.89. The summed E-state index contributed by atoms with van der Waals surface area (Å²) in [5, 5.41) is 11.8. The third-order valence-electron chi connectivity index (χ3n) is 5.52. The Morgan fingerprint density at radius 3 is 2.42 bits per heavy atom. The number of aryl methyl sites for hydroxylation is 1. The van der Waals surface area contributed by atoms with Crippen molar-refractivity contribution in [3.8, 4) is 17.0 Å². The molecule has 160 valence electrons. The molecule has 1 aliphatic heterocycles. The van der Waals surface area contributed by atoms with Gasteiger partial charge in [-0.2, -0.15) is 0 Å². The normalized spacial score (nSPS) is 13.7. The highest BCUT2D eigenvalue weighted by Gasteiger charge is 2.22. The summed E-state index contributed by atoms with van der Waals surface area (Å²) in [4.78, 5) is 16.6. The number of methoxy groups -OCH3 is 1. The van der Waals surface area contributed by atoms with Crippen LogP contribution in [0.2, 0.25) is 0 Å². The van der Waals surface area contributed by atoms with Crippen molar-refractivity contribution in [2.45, 2.75) is 13.3 Å². The first kappa shape index (κ1) is 20.7. The lowest BCUT2D eigenvalue weighted by Crippen LogP contribution is -2.50. The van der Waals surface area contributed by atoms with Crippen LogP contribution in [0.4, 0.5) is 16.3 Å². The molecule has 1 saturated heterocycles. The monoisotopic (exact) mass is 417 g/mol. The van der Waals surface area contributed by atoms with Gasteiger partial charge in [0.25, 0.3) is 0 Å². The molecule has 1 N–H and O–H groups in total. The Labute approximate surface area is 182 Å². The van der Waals surface area contributed by atoms with Crippen LogP contribution in [0.3, 0.4) is 0 Å². The minimum atomic E-state index is -0.0663. The summed E-state index contributed by atoms with van der Waals surface area (Å²) in [6.45, 7) is 4.82. The van der Waals surface area contributed by atoms with Gasteiger partial charge in [0.05, 0.1) is 12.8 Å². The topological polar surface area (TPSA) is 70.6 Å². The van der Waals surface area contributed by atoms with E-state index in [0.717, 1.165) is 48.0 Å². The first-order valence-corrected chi connectivity index (χ1v) is 10.5. The Hall–Kier alpha value is -3.61. The number of carbonyl (C=O) groups is 1. The van der Waals surface area contributed by atoms with Gasteiger partial charge < -0.3 is 19.9 Å². The van der Waals surface area contributed by atoms with Crippen LogP contribution in [-0.4, -0.2) is 54.4 Å². The number of nitrogens with zero attached hydrogens (tertiary/aromatic N) is 4. The fourth-order valence-corrected chi connectivity index (χ4v) is 3.60. The summed E-state index contributed by atoms with van der Waals surface area (Å²) < 4.78 is 5.28. The molecular weight excluding hydrogens is 390 g/mol. The molecule has 1 aliphatic rings. The Balaban J connectivity index is 1.33. The predicted octanol–water partition coefficient (Wildman–Crippen LogP) is 4.07. The Kier molecular flexibility index (Phi) is 6.31. The summed E-state index contributed by atoms with van der Waals surface area (Å²) in [6, 6.07) is 19.6. The third kappa shape index (κ3) is 4.94. The number of carbonyl (C=O) groups excluding carboxylic acids is 1. The van der Waals surface area contributed by atoms with Crippen LogP contribution in [0.5, 0.6) is 5.75 Å². The Morgan fingerprint density at radius 2 is 1.77 bits per heavy atom. The van der Waals surface area contributed by atoms with E-state index in [-0.39, 0.29) is 6.03 Å². The van der Waals surface area contributed by atoms with Gasteiger partial charge in [-0.25, -0.2) is 4.79 Å². The summed E-state index contributed by atoms with van der Waals surface area (Å²) in [6.07, 6.45) is 0.986. The van der Waals surface area contributed by atoms with E-state index in [2.05, 4.69) is 27.3 Å². The molecule has 1 fully saturated rings. The van der Waals surface area contributed by atoms with Gasteiger partial charge in [-0.1, -0.05) is 31.2 Å². The number of urea groups is 1. The molecule has 0 saturated carbocycles. The standard InChI is InChI=1S/C24H27N5O2/c1-3-18-7-9-20(10-8-18)25-24(30)29-15-13-28(14-16-29)23-12-11-22(26-27-23)19-5-4-6-21(17-19)31-2/h4-12,17H,3,13-16H2,1-2H3,(H,25,30). The zero-order valence-corrected chi connectivity index (χ0v) is 17.9. The Bertz CT molecular complexity index is 1010. The molecule has 2 aromatic carbocycles. The number of nitrogens with one attached hydrogen (secondary N) is 1. The van der Waals surface area contributed by atoms with Crippen LogP contribution in [0.15, 0.2) is 60.7 Å². The highest BCUT2D eigenvalue weighted by Crippen LogP contribution is 2.23. The summed E-state index contributed by atoms with van der Waals surface area (Å²) >= 11 is 0. The number of piperazine rings is 1. The van der Waals surface area contributed by atoms with E-state index in [9.17, 15) is 4.79 Å². The van der Waals surface area contributed by atoms with E-state index in [0.29, 0.717) is 13.1 Å². The average molecular weight is 418 g/mol. The number of ether oxygens (including phenoxy) is 1. The van der Waals surface area contributed by atoms with Crippen LogP contribution in [0.25, 0.3) is 11.3 Å². The van der Waals surface area contributed by atoms with Crippen LogP contribution in [0, 0.1) is 0 Å². The molecule has 0 atom stereocenters. The maximum Gasteiger partial charge on any atom is 0.321 e. The van der Waals surface area contributed by atoms with Gasteiger partial charge in [-0.15, -0.1) is 10.2 Å². The van der Waals surface area contributed by atoms with Crippen molar-refractivity contribution < 1.29 is 9.53 Å². The van der Waals surface area contributed by atoms with Gasteiger partial charge in [0.2, 0.25) is 0 Å². The lowest BCUT2D eigenvalue weighted by atomic mass is 10.1. The summed E-state index contributed by atoms with van der Waals surface area (Å²) in [5.74, 6) is 1.61. The van der Waals surface area contributed by atoms with Crippen molar-refractivity contribution in [2.75, 3.05) is 43.5 Å². The molecule has 1 aromatic heterocycles. The molecule has 31 heavy (non-hydrogen) atoms. The minimum absolute atomic E-state index is 0.0663. The molecule has 0 spiro atoms. The van der Waals surface area contributed by atoms with Crippen molar-refractivity contribution in [2.24, 2.45) is 0 Å². The maximum absolute atomic E-state index is 12.6. The lowest BCUT2D eigenvalue weighted by Gasteiger charge is -2.35. The molecule has 2 amide bonds. The lowest BCUT2D eigenvalue weighted by molar-refractivity contribution is 0.208. The second kappa shape index (κ2) is 9.47. The third-order valence-corrected chi connectivity index (χ3v) is 5.52. The van der Waals surface area contributed by atoms with E-state index in [1.165, 1.54) is 5.56 Å². The van der Waals surface area contributed by atoms with Gasteiger partial charge >= 0.3 is 6.03 Å². The first-order chi connectivity index (χ1) is 15.2. The smallest absolute Gasteiger partial charge is 0.321 e. The summed E-state index contributed by atoms with van der Waals surface area (Å²) in [7, 11) is 1.65. The number of benzene rings is 2. The van der Waals surface area contributed by atoms with Crippen molar-refractivity contribution in [3.63, 3.8) is 0 Å². The van der Waals surface area contributed by atoms with Crippen LogP contribution < -0.4 is 15.0 Å². The molecular formula is C24H27N5O2. The van der Waals surface area contributed by atoms with Gasteiger partial charge in [0.1, 0.15) is 5.75 Å². The summed E-state index contributed by atoms with van der Waals surface area (Å²) in [5.41, 5.74) is 3.84. The van der Waals surface area contributed by atoms with Gasteiger partial charge in [-0.3, -0.25) is 0 Å². The predicted molar refractivity (Wildman–Crippen MR) is 123 cm³/mol. The quantitative estimate of drug-likeness (QED) is 0.678. The SMILES string of the molecule is CCc1ccc(NC(=O)N2CCN(c3ccc(-c4cccc(OC)c4)nn3)CC2)cc1. The molecule has 0 unspecified atom stereocenters. The Morgan fingerprint density at radius 1 is 1.00 bits per heavy atom. The zero-order chi connectivity index (χ0) is 21.6. The van der Waals surface area contributed by atoms with Crippen molar-refractivity contribution in [3.05, 3.63) is 66.2 Å². The van der Waals surface area contributed by atoms with Gasteiger partial charge in [-0.05, 0) is 48.4 Å². The molecule has 3 aromatic rings. The van der Waals surface area contributed by atoms with E-state index in [1.807, 2.05) is 65.6 Å². The van der Waals surface area contributed by atoms with Crippen molar-refractivity contribution in [1.82, 2.24) is 15.1 Å². The fourth-order valence-electron chi connectivity index (χ4n) is 3.60. The van der Waals surface area contributed by atoms with E-state index in [4.69, 9.17) is 4.74 Å². The van der Waals surface area contributed by atoms with E-state index >= 15 is 0 Å². The second-order valence-corrected chi connectivity index (χ2v) is 7.46. The number of hydrogen-bond acceptors (Lipinski definition) is 5. The van der Waals surface area contributed by atoms with Gasteiger partial charge in [0.15, 0.2) is 5.82 Å². The molecule has 0 bridgehead atoms. The second-order valence-electron chi connectivity index (χ2n) is 7.46. The molecule has 0 aliphatic carbocycles. The maximum atomic E-state index is 12.6. The molecule has 4 rings (SSSR count). The highest BCUT2D eigenvalue weighted by atomic mass is 16.5. The van der Waals surface area contributed by atoms with Crippen LogP contribution in [-0.2, 0) is 6.42 Å². The number of anilines is 2. The first-order valence-electron chi connectivity index (χ1n) is 10.5. The van der Waals surface area contributed by atoms with Crippen molar-refractivity contribution in [1.29, 1.82) is 0 Å². The molecule has 7 heteroatoms. The van der Waals surface area contributed by atoms with Crippen LogP contribution >= 0.6 is 0 Å². The minimum Gasteiger partial charge on any atom is -0.497 e. The number of hydrogen-bond donors (Lipinski definition) is 1. The number of amides is 2. The van der Waals surface area contributed by atoms with E-state index < -0.39 is 0 Å². The van der Waals surface area contributed by atoms with Crippen LogP contribution in [0.1, 0.15) is 12.5 Å². The number of rotatable bonds is 5. The molecule has 0 radical (unpaired) electrons. The zero-order valence-electron chi connectivity index (χ0n) is 17.9. The fraction of sp³-hybridized carbons (Fsp3) is 0.292. The molecule has 7 nitrogen and oxygen atoms in total.